The number of allylic oxidation sites excluding steroid dienone is 6. The van der Waals surface area contributed by atoms with Gasteiger partial charge in [-0.05, 0) is 126 Å². The third-order valence-corrected chi connectivity index (χ3v) is 11.6. The highest BCUT2D eigenvalue weighted by atomic mass is 16.3. The van der Waals surface area contributed by atoms with Crippen LogP contribution < -0.4 is 20.9 Å². The maximum absolute atomic E-state index is 6.76. The fourth-order valence-electron chi connectivity index (χ4n) is 8.78. The number of hydrogen-bond acceptors (Lipinski definition) is 1. The highest BCUT2D eigenvalue weighted by Crippen LogP contribution is 2.42. The number of rotatable bonds is 4. The second-order valence-electron chi connectivity index (χ2n) is 15.9. The van der Waals surface area contributed by atoms with Crippen molar-refractivity contribution in [2.75, 3.05) is 0 Å². The molecule has 0 unspecified atom stereocenters. The molecule has 0 fully saturated rings. The van der Waals surface area contributed by atoms with Crippen molar-refractivity contribution >= 4 is 51.8 Å². The van der Waals surface area contributed by atoms with Crippen LogP contribution in [0.15, 0.2) is 180 Å². The molecule has 1 nitrogen and oxygen atoms in total. The van der Waals surface area contributed by atoms with Gasteiger partial charge in [-0.3, -0.25) is 0 Å². The lowest BCUT2D eigenvalue weighted by Gasteiger charge is -2.29. The molecular formula is C55H46O. The number of para-hydroxylation sites is 1. The average molecular weight is 723 g/mol. The molecule has 7 aromatic rings. The third kappa shape index (κ3) is 6.65. The highest BCUT2D eigenvalue weighted by molar-refractivity contribution is 6.08. The molecule has 2 aliphatic carbocycles. The molecule has 2 aliphatic rings. The van der Waals surface area contributed by atoms with Crippen LogP contribution in [0.2, 0.25) is 0 Å². The lowest BCUT2D eigenvalue weighted by atomic mass is 9.75. The minimum absolute atomic E-state index is 0.136. The molecule has 0 radical (unpaired) electrons. The summed E-state index contributed by atoms with van der Waals surface area (Å²) in [6.07, 6.45) is 17.5. The number of fused-ring (bicyclic) bond motifs is 7. The normalized spacial score (nSPS) is 17.2. The van der Waals surface area contributed by atoms with Crippen LogP contribution in [0.1, 0.15) is 55.4 Å². The van der Waals surface area contributed by atoms with Gasteiger partial charge < -0.3 is 4.42 Å². The molecule has 1 heteroatoms. The van der Waals surface area contributed by atoms with Crippen LogP contribution >= 0.6 is 0 Å². The Morgan fingerprint density at radius 2 is 1.41 bits per heavy atom. The van der Waals surface area contributed by atoms with Crippen LogP contribution in [0.4, 0.5) is 0 Å². The van der Waals surface area contributed by atoms with Gasteiger partial charge in [0.1, 0.15) is 11.2 Å². The second kappa shape index (κ2) is 14.7. The largest absolute Gasteiger partial charge is 0.455 e. The van der Waals surface area contributed by atoms with E-state index < -0.39 is 0 Å². The van der Waals surface area contributed by atoms with Gasteiger partial charge in [-0.15, -0.1) is 0 Å². The predicted molar refractivity (Wildman–Crippen MR) is 239 cm³/mol. The van der Waals surface area contributed by atoms with Crippen LogP contribution in [-0.2, 0) is 11.8 Å². The zero-order valence-electron chi connectivity index (χ0n) is 32.3. The van der Waals surface area contributed by atoms with E-state index in [1.54, 1.807) is 0 Å². The van der Waals surface area contributed by atoms with Gasteiger partial charge in [0.05, 0.1) is 0 Å². The van der Waals surface area contributed by atoms with Crippen LogP contribution in [0.25, 0.3) is 62.9 Å². The Balaban J connectivity index is 1.30. The Morgan fingerprint density at radius 1 is 0.679 bits per heavy atom. The Morgan fingerprint density at radius 3 is 2.25 bits per heavy atom. The summed E-state index contributed by atoms with van der Waals surface area (Å²) in [6, 6.07) is 47.9. The maximum atomic E-state index is 6.76. The molecule has 9 rings (SSSR count). The van der Waals surface area contributed by atoms with Crippen molar-refractivity contribution in [2.45, 2.75) is 44.9 Å². The first-order chi connectivity index (χ1) is 27.3. The molecule has 0 saturated carbocycles. The van der Waals surface area contributed by atoms with Gasteiger partial charge in [0.15, 0.2) is 0 Å². The van der Waals surface area contributed by atoms with Gasteiger partial charge in [0, 0.05) is 16.3 Å². The summed E-state index contributed by atoms with van der Waals surface area (Å²) in [5, 5.41) is 6.72. The number of furan rings is 1. The van der Waals surface area contributed by atoms with E-state index in [2.05, 4.69) is 190 Å². The Labute approximate surface area is 329 Å². The summed E-state index contributed by atoms with van der Waals surface area (Å²) in [7, 11) is 0. The Hall–Kier alpha value is -6.44. The predicted octanol–water partition coefficient (Wildman–Crippen LogP) is 11.3. The molecular weight excluding hydrogens is 677 g/mol. The van der Waals surface area contributed by atoms with Crippen molar-refractivity contribution in [3.8, 4) is 11.1 Å². The van der Waals surface area contributed by atoms with Gasteiger partial charge in [-0.25, -0.2) is 0 Å². The van der Waals surface area contributed by atoms with Crippen LogP contribution in [0.3, 0.4) is 0 Å². The van der Waals surface area contributed by atoms with E-state index in [-0.39, 0.29) is 5.41 Å². The summed E-state index contributed by atoms with van der Waals surface area (Å²) < 4.78 is 6.76. The van der Waals surface area contributed by atoms with Crippen LogP contribution in [0, 0.1) is 0 Å². The maximum Gasteiger partial charge on any atom is 0.142 e. The van der Waals surface area contributed by atoms with E-state index in [0.717, 1.165) is 74.8 Å². The fourth-order valence-corrected chi connectivity index (χ4v) is 8.78. The fraction of sp³-hybridized carbons (Fsp3) is 0.127. The molecule has 272 valence electrons. The quantitative estimate of drug-likeness (QED) is 0.176. The minimum Gasteiger partial charge on any atom is -0.455 e. The first kappa shape index (κ1) is 35.3. The van der Waals surface area contributed by atoms with E-state index >= 15 is 0 Å². The zero-order valence-corrected chi connectivity index (χ0v) is 32.3. The lowest BCUT2D eigenvalue weighted by molar-refractivity contribution is 0.523. The molecule has 0 saturated heterocycles. The average Bonchev–Trinajstić information content (AvgIpc) is 3.61. The van der Waals surface area contributed by atoms with Crippen molar-refractivity contribution in [1.29, 1.82) is 0 Å². The van der Waals surface area contributed by atoms with Crippen molar-refractivity contribution in [1.82, 2.24) is 0 Å². The smallest absolute Gasteiger partial charge is 0.142 e. The van der Waals surface area contributed by atoms with E-state index in [4.69, 9.17) is 11.0 Å². The first-order valence-corrected chi connectivity index (χ1v) is 19.8. The summed E-state index contributed by atoms with van der Waals surface area (Å²) in [5.41, 5.74) is 13.9. The molecule has 0 bridgehead atoms. The molecule has 56 heavy (non-hydrogen) atoms. The first-order valence-electron chi connectivity index (χ1n) is 19.8. The molecule has 0 N–H and O–H groups in total. The molecule has 6 aromatic carbocycles. The second-order valence-corrected chi connectivity index (χ2v) is 15.9. The summed E-state index contributed by atoms with van der Waals surface area (Å²) in [6.45, 7) is 14.0. The van der Waals surface area contributed by atoms with Gasteiger partial charge >= 0.3 is 0 Å². The highest BCUT2D eigenvalue weighted by Gasteiger charge is 2.29. The van der Waals surface area contributed by atoms with Gasteiger partial charge in [-0.2, -0.15) is 0 Å². The molecule has 0 aliphatic heterocycles. The number of hydrogen-bond donors (Lipinski definition) is 0. The standard InChI is InChI=1S/C55H46O/c1-37-32-41(39-18-8-7-9-19-39)29-28-40(37)33-38(2)45-21-10-5-6-11-22-46(48-24-14-13-23-47(45)48)44-35-51-42(34-43-20-12-16-26-52(43)55(3,4)36-44)30-31-50-49-25-15-17-27-53(49)56-54(50)51/h7-33,35H,1-2,5-6,34,36H2,3-4H3/b21-10?,22-11+,40-33-,44-35?,47-45?,48-46+. The summed E-state index contributed by atoms with van der Waals surface area (Å²) in [4.78, 5) is 0. The summed E-state index contributed by atoms with van der Waals surface area (Å²) in [5.74, 6) is 0. The Bertz CT molecular complexity index is 3020. The topological polar surface area (TPSA) is 13.1 Å². The Kier molecular flexibility index (Phi) is 9.23. The van der Waals surface area contributed by atoms with Gasteiger partial charge in [0.25, 0.3) is 0 Å². The van der Waals surface area contributed by atoms with Crippen LogP contribution in [0.5, 0.6) is 0 Å². The van der Waals surface area contributed by atoms with Crippen molar-refractivity contribution in [3.63, 3.8) is 0 Å². The molecule has 1 heterocycles. The monoisotopic (exact) mass is 722 g/mol. The molecule has 1 aromatic heterocycles. The molecule has 0 spiro atoms. The molecule has 0 amide bonds. The minimum atomic E-state index is -0.136. The van der Waals surface area contributed by atoms with Crippen molar-refractivity contribution < 1.29 is 4.42 Å². The van der Waals surface area contributed by atoms with Gasteiger partial charge in [-0.1, -0.05) is 173 Å². The SMILES string of the molecule is C=C(/C=c1/ccc(-c2ccccc2)cc1=C)C1=c2cccc/c2=C(C2=Cc3c(ccc4c3oc3ccccc34)Cc3ccccc3C(C)(C)C2)/C=C/CCC=C1. The zero-order chi connectivity index (χ0) is 38.2. The van der Waals surface area contributed by atoms with E-state index in [0.29, 0.717) is 0 Å². The van der Waals surface area contributed by atoms with E-state index in [1.807, 2.05) is 0 Å². The lowest BCUT2D eigenvalue weighted by Crippen LogP contribution is -2.30. The summed E-state index contributed by atoms with van der Waals surface area (Å²) >= 11 is 0. The van der Waals surface area contributed by atoms with E-state index in [1.165, 1.54) is 49.4 Å². The van der Waals surface area contributed by atoms with Crippen molar-refractivity contribution in [3.05, 3.63) is 219 Å². The molecule has 0 atom stereocenters. The number of benzene rings is 6. The van der Waals surface area contributed by atoms with E-state index in [9.17, 15) is 0 Å². The van der Waals surface area contributed by atoms with Crippen LogP contribution in [-0.4, -0.2) is 0 Å². The third-order valence-electron chi connectivity index (χ3n) is 11.6. The van der Waals surface area contributed by atoms with Gasteiger partial charge in [0.2, 0.25) is 0 Å². The van der Waals surface area contributed by atoms with Crippen molar-refractivity contribution in [2.24, 2.45) is 0 Å².